The summed E-state index contributed by atoms with van der Waals surface area (Å²) in [5.41, 5.74) is 4.88. The molecule has 21 heavy (non-hydrogen) atoms. The largest absolute Gasteiger partial charge is 0.0654 e. The summed E-state index contributed by atoms with van der Waals surface area (Å²) in [5.74, 6) is 0. The molecule has 1 aromatic carbocycles. The first-order chi connectivity index (χ1) is 9.96. The number of hydrogen-bond acceptors (Lipinski definition) is 0. The SMILES string of the molecule is CCCC/C(=C\I)c1cccc(CCCCC(C)(C)C)c1. The Balaban J connectivity index is 2.55. The molecular weight excluding hydrogens is 367 g/mol. The Bertz CT molecular complexity index is 437. The molecule has 0 radical (unpaired) electrons. The summed E-state index contributed by atoms with van der Waals surface area (Å²) in [5, 5.41) is 0. The van der Waals surface area contributed by atoms with Crippen molar-refractivity contribution in [2.45, 2.75) is 72.6 Å². The standard InChI is InChI=1S/C20H31I/c1-5-6-12-19(16-21)18-13-9-11-17(15-18)10-7-8-14-20(2,3)4/h9,11,13,15-16H,5-8,10,12,14H2,1-4H3/b19-16+. The van der Waals surface area contributed by atoms with Crippen LogP contribution in [0, 0.1) is 5.41 Å². The van der Waals surface area contributed by atoms with Gasteiger partial charge in [0.1, 0.15) is 0 Å². The van der Waals surface area contributed by atoms with Crippen molar-refractivity contribution in [2.75, 3.05) is 0 Å². The van der Waals surface area contributed by atoms with E-state index in [-0.39, 0.29) is 0 Å². The van der Waals surface area contributed by atoms with Gasteiger partial charge < -0.3 is 0 Å². The zero-order chi connectivity index (χ0) is 15.7. The third-order valence-corrected chi connectivity index (χ3v) is 4.62. The molecule has 0 heterocycles. The van der Waals surface area contributed by atoms with Gasteiger partial charge in [0.25, 0.3) is 0 Å². The zero-order valence-corrected chi connectivity index (χ0v) is 16.4. The molecular formula is C20H31I. The normalized spacial score (nSPS) is 12.7. The van der Waals surface area contributed by atoms with Gasteiger partial charge in [-0.25, -0.2) is 0 Å². The number of rotatable bonds is 8. The topological polar surface area (TPSA) is 0 Å². The van der Waals surface area contributed by atoms with Gasteiger partial charge in [0.2, 0.25) is 0 Å². The summed E-state index contributed by atoms with van der Waals surface area (Å²) < 4.78 is 2.26. The first-order valence-electron chi connectivity index (χ1n) is 8.35. The summed E-state index contributed by atoms with van der Waals surface area (Å²) in [6.07, 6.45) is 8.92. The van der Waals surface area contributed by atoms with E-state index in [1.54, 1.807) is 0 Å². The van der Waals surface area contributed by atoms with E-state index in [0.717, 1.165) is 0 Å². The van der Waals surface area contributed by atoms with Crippen LogP contribution in [-0.2, 0) is 6.42 Å². The van der Waals surface area contributed by atoms with Crippen molar-refractivity contribution in [1.82, 2.24) is 0 Å². The van der Waals surface area contributed by atoms with Gasteiger partial charge in [-0.05, 0) is 58.3 Å². The van der Waals surface area contributed by atoms with Crippen molar-refractivity contribution in [3.05, 3.63) is 39.5 Å². The minimum atomic E-state index is 0.471. The molecule has 1 heteroatoms. The molecule has 1 aromatic rings. The fraction of sp³-hybridized carbons (Fsp3) is 0.600. The van der Waals surface area contributed by atoms with E-state index >= 15 is 0 Å². The molecule has 0 amide bonds. The molecule has 0 fully saturated rings. The second-order valence-electron chi connectivity index (χ2n) is 7.21. The van der Waals surface area contributed by atoms with Crippen LogP contribution in [-0.4, -0.2) is 0 Å². The van der Waals surface area contributed by atoms with E-state index in [1.165, 1.54) is 61.6 Å². The number of benzene rings is 1. The zero-order valence-electron chi connectivity index (χ0n) is 14.2. The summed E-state index contributed by atoms with van der Waals surface area (Å²) in [7, 11) is 0. The highest BCUT2D eigenvalue weighted by molar-refractivity contribution is 14.1. The lowest BCUT2D eigenvalue weighted by molar-refractivity contribution is 0.360. The van der Waals surface area contributed by atoms with Crippen LogP contribution in [0.25, 0.3) is 5.57 Å². The van der Waals surface area contributed by atoms with Crippen molar-refractivity contribution in [3.63, 3.8) is 0 Å². The first-order valence-corrected chi connectivity index (χ1v) is 9.59. The molecule has 0 atom stereocenters. The predicted molar refractivity (Wildman–Crippen MR) is 105 cm³/mol. The minimum absolute atomic E-state index is 0.471. The molecule has 0 nitrogen and oxygen atoms in total. The second kappa shape index (κ2) is 9.66. The van der Waals surface area contributed by atoms with Gasteiger partial charge in [0.05, 0.1) is 0 Å². The lowest BCUT2D eigenvalue weighted by atomic mass is 9.89. The van der Waals surface area contributed by atoms with Crippen LogP contribution in [0.5, 0.6) is 0 Å². The number of aryl methyl sites for hydroxylation is 1. The predicted octanol–water partition coefficient (Wildman–Crippen LogP) is 7.41. The van der Waals surface area contributed by atoms with E-state index in [0.29, 0.717) is 5.41 Å². The second-order valence-corrected chi connectivity index (χ2v) is 7.83. The van der Waals surface area contributed by atoms with Gasteiger partial charge in [-0.1, -0.05) is 87.4 Å². The van der Waals surface area contributed by atoms with E-state index < -0.39 is 0 Å². The quantitative estimate of drug-likeness (QED) is 0.316. The third-order valence-electron chi connectivity index (χ3n) is 3.87. The van der Waals surface area contributed by atoms with Crippen LogP contribution >= 0.6 is 22.6 Å². The van der Waals surface area contributed by atoms with E-state index in [9.17, 15) is 0 Å². The van der Waals surface area contributed by atoms with Crippen molar-refractivity contribution in [1.29, 1.82) is 0 Å². The molecule has 0 aliphatic rings. The maximum atomic E-state index is 2.40. The smallest absolute Gasteiger partial charge is 0.0196 e. The molecule has 0 aliphatic heterocycles. The average Bonchev–Trinajstić information content (AvgIpc) is 2.44. The van der Waals surface area contributed by atoms with Crippen molar-refractivity contribution in [2.24, 2.45) is 5.41 Å². The van der Waals surface area contributed by atoms with Gasteiger partial charge in [-0.3, -0.25) is 0 Å². The fourth-order valence-electron chi connectivity index (χ4n) is 2.54. The van der Waals surface area contributed by atoms with E-state index in [2.05, 4.69) is 78.6 Å². The van der Waals surface area contributed by atoms with Gasteiger partial charge in [-0.2, -0.15) is 0 Å². The van der Waals surface area contributed by atoms with E-state index in [4.69, 9.17) is 0 Å². The molecule has 0 spiro atoms. The number of hydrogen-bond donors (Lipinski definition) is 0. The molecule has 0 saturated heterocycles. The Kier molecular flexibility index (Phi) is 8.62. The molecule has 0 saturated carbocycles. The van der Waals surface area contributed by atoms with Crippen LogP contribution in [0.2, 0.25) is 0 Å². The van der Waals surface area contributed by atoms with Crippen molar-refractivity contribution in [3.8, 4) is 0 Å². The average molecular weight is 398 g/mol. The number of allylic oxidation sites excluding steroid dienone is 1. The highest BCUT2D eigenvalue weighted by Crippen LogP contribution is 2.25. The van der Waals surface area contributed by atoms with Crippen LogP contribution in [0.4, 0.5) is 0 Å². The summed E-state index contributed by atoms with van der Waals surface area (Å²) >= 11 is 2.39. The lowest BCUT2D eigenvalue weighted by Gasteiger charge is -2.17. The van der Waals surface area contributed by atoms with E-state index in [1.807, 2.05) is 0 Å². The number of unbranched alkanes of at least 4 members (excludes halogenated alkanes) is 2. The van der Waals surface area contributed by atoms with Crippen LogP contribution in [0.1, 0.15) is 77.3 Å². The van der Waals surface area contributed by atoms with Crippen LogP contribution in [0.3, 0.4) is 0 Å². The Morgan fingerprint density at radius 1 is 1.14 bits per heavy atom. The minimum Gasteiger partial charge on any atom is -0.0654 e. The van der Waals surface area contributed by atoms with Gasteiger partial charge >= 0.3 is 0 Å². The lowest BCUT2D eigenvalue weighted by Crippen LogP contribution is -2.04. The van der Waals surface area contributed by atoms with Crippen LogP contribution in [0.15, 0.2) is 28.3 Å². The molecule has 0 bridgehead atoms. The highest BCUT2D eigenvalue weighted by atomic mass is 127. The van der Waals surface area contributed by atoms with Crippen LogP contribution < -0.4 is 0 Å². The highest BCUT2D eigenvalue weighted by Gasteiger charge is 2.09. The number of halogens is 1. The monoisotopic (exact) mass is 398 g/mol. The summed E-state index contributed by atoms with van der Waals surface area (Å²) in [6.45, 7) is 9.26. The van der Waals surface area contributed by atoms with Gasteiger partial charge in [0.15, 0.2) is 0 Å². The first kappa shape index (κ1) is 18.7. The Labute approximate surface area is 145 Å². The molecule has 0 aromatic heterocycles. The maximum absolute atomic E-state index is 2.40. The Hall–Kier alpha value is -0.310. The molecule has 0 unspecified atom stereocenters. The molecule has 0 N–H and O–H groups in total. The van der Waals surface area contributed by atoms with Crippen molar-refractivity contribution >= 4 is 28.2 Å². The maximum Gasteiger partial charge on any atom is -0.0196 e. The summed E-state index contributed by atoms with van der Waals surface area (Å²) in [4.78, 5) is 0. The Morgan fingerprint density at radius 3 is 2.52 bits per heavy atom. The summed E-state index contributed by atoms with van der Waals surface area (Å²) in [6, 6.07) is 9.17. The molecule has 1 rings (SSSR count). The fourth-order valence-corrected chi connectivity index (χ4v) is 3.21. The molecule has 118 valence electrons. The van der Waals surface area contributed by atoms with Crippen molar-refractivity contribution < 1.29 is 0 Å². The Morgan fingerprint density at radius 2 is 1.90 bits per heavy atom. The third kappa shape index (κ3) is 8.04. The van der Waals surface area contributed by atoms with Gasteiger partial charge in [-0.15, -0.1) is 0 Å². The molecule has 0 aliphatic carbocycles. The van der Waals surface area contributed by atoms with Gasteiger partial charge in [0, 0.05) is 0 Å².